The third-order valence-corrected chi connectivity index (χ3v) is 4.83. The largest absolute Gasteiger partial charge is 0.382 e. The number of para-hydroxylation sites is 1. The molecule has 0 saturated heterocycles. The number of anilines is 1. The molecule has 0 atom stereocenters. The van der Waals surface area contributed by atoms with E-state index in [0.717, 1.165) is 14.6 Å². The second-order valence-electron chi connectivity index (χ2n) is 3.43. The normalized spacial score (nSPS) is 10.9. The molecule has 0 fully saturated rings. The summed E-state index contributed by atoms with van der Waals surface area (Å²) >= 11 is 9.04. The minimum Gasteiger partial charge on any atom is -0.382 e. The number of fused-ring (bicyclic) bond motifs is 1. The van der Waals surface area contributed by atoms with Crippen LogP contribution in [0.2, 0.25) is 5.02 Å². The second kappa shape index (κ2) is 4.72. The van der Waals surface area contributed by atoms with Gasteiger partial charge in [0.2, 0.25) is 0 Å². The number of hydrogen-bond acceptors (Lipinski definition) is 6. The van der Waals surface area contributed by atoms with E-state index in [4.69, 9.17) is 17.3 Å². The van der Waals surface area contributed by atoms with Gasteiger partial charge >= 0.3 is 0 Å². The summed E-state index contributed by atoms with van der Waals surface area (Å²) in [5, 5.41) is 1.00. The van der Waals surface area contributed by atoms with Crippen LogP contribution in [0.3, 0.4) is 0 Å². The molecule has 0 unspecified atom stereocenters. The van der Waals surface area contributed by atoms with Crippen molar-refractivity contribution in [1.82, 2.24) is 15.0 Å². The lowest BCUT2D eigenvalue weighted by atomic mass is 10.3. The fourth-order valence-electron chi connectivity index (χ4n) is 1.41. The third-order valence-electron chi connectivity index (χ3n) is 2.24. The highest BCUT2D eigenvalue weighted by atomic mass is 35.5. The standard InChI is InChI=1S/C11H7ClN4S2/c12-8-9(13)14-5-15-10(8)18-11-16-6-3-1-2-4-7(6)17-11/h1-5H,(H2,13,14,15). The highest BCUT2D eigenvalue weighted by Crippen LogP contribution is 2.37. The maximum absolute atomic E-state index is 6.05. The van der Waals surface area contributed by atoms with Crippen molar-refractivity contribution in [3.8, 4) is 0 Å². The molecule has 2 aromatic heterocycles. The highest BCUT2D eigenvalue weighted by Gasteiger charge is 2.11. The Morgan fingerprint density at radius 1 is 1.22 bits per heavy atom. The first kappa shape index (κ1) is 11.7. The van der Waals surface area contributed by atoms with Gasteiger partial charge in [0.15, 0.2) is 4.34 Å². The van der Waals surface area contributed by atoms with Gasteiger partial charge in [-0.2, -0.15) is 0 Å². The van der Waals surface area contributed by atoms with E-state index in [0.29, 0.717) is 10.0 Å². The van der Waals surface area contributed by atoms with Crippen molar-refractivity contribution in [3.05, 3.63) is 35.6 Å². The fourth-order valence-corrected chi connectivity index (χ4v) is 3.60. The summed E-state index contributed by atoms with van der Waals surface area (Å²) in [5.41, 5.74) is 6.61. The van der Waals surface area contributed by atoms with Crippen LogP contribution in [-0.4, -0.2) is 15.0 Å². The first-order valence-corrected chi connectivity index (χ1v) is 7.04. The van der Waals surface area contributed by atoms with Gasteiger partial charge in [0, 0.05) is 0 Å². The van der Waals surface area contributed by atoms with Gasteiger partial charge in [-0.25, -0.2) is 15.0 Å². The summed E-state index contributed by atoms with van der Waals surface area (Å²) in [6.07, 6.45) is 1.40. The fraction of sp³-hybridized carbons (Fsp3) is 0. The van der Waals surface area contributed by atoms with Gasteiger partial charge < -0.3 is 5.73 Å². The zero-order chi connectivity index (χ0) is 12.5. The van der Waals surface area contributed by atoms with Crippen molar-refractivity contribution in [2.24, 2.45) is 0 Å². The Kier molecular flexibility index (Phi) is 3.07. The summed E-state index contributed by atoms with van der Waals surface area (Å²) in [4.78, 5) is 12.4. The molecule has 4 nitrogen and oxygen atoms in total. The van der Waals surface area contributed by atoms with Gasteiger partial charge in [-0.05, 0) is 23.9 Å². The summed E-state index contributed by atoms with van der Waals surface area (Å²) in [6, 6.07) is 7.97. The summed E-state index contributed by atoms with van der Waals surface area (Å²) < 4.78 is 2.02. The van der Waals surface area contributed by atoms with Crippen LogP contribution in [0.5, 0.6) is 0 Å². The van der Waals surface area contributed by atoms with Crippen molar-refractivity contribution in [3.63, 3.8) is 0 Å². The Morgan fingerprint density at radius 2 is 2.06 bits per heavy atom. The number of nitrogens with two attached hydrogens (primary N) is 1. The third kappa shape index (κ3) is 2.14. The Bertz CT molecular complexity index is 680. The molecule has 18 heavy (non-hydrogen) atoms. The number of benzene rings is 1. The Hall–Kier alpha value is -1.37. The smallest absolute Gasteiger partial charge is 0.157 e. The number of nitrogens with zero attached hydrogens (tertiary/aromatic N) is 3. The zero-order valence-corrected chi connectivity index (χ0v) is 11.4. The van der Waals surface area contributed by atoms with Crippen molar-refractivity contribution in [1.29, 1.82) is 0 Å². The molecule has 7 heteroatoms. The Morgan fingerprint density at radius 3 is 2.89 bits per heavy atom. The van der Waals surface area contributed by atoms with Crippen molar-refractivity contribution >= 4 is 50.7 Å². The topological polar surface area (TPSA) is 64.7 Å². The molecule has 0 bridgehead atoms. The number of halogens is 1. The van der Waals surface area contributed by atoms with E-state index in [-0.39, 0.29) is 5.82 Å². The first-order valence-electron chi connectivity index (χ1n) is 5.03. The molecule has 2 heterocycles. The van der Waals surface area contributed by atoms with Crippen LogP contribution < -0.4 is 5.73 Å². The monoisotopic (exact) mass is 294 g/mol. The van der Waals surface area contributed by atoms with Crippen molar-refractivity contribution < 1.29 is 0 Å². The molecule has 2 N–H and O–H groups in total. The molecular formula is C11H7ClN4S2. The van der Waals surface area contributed by atoms with Crippen molar-refractivity contribution in [2.45, 2.75) is 9.37 Å². The van der Waals surface area contributed by atoms with Gasteiger partial charge in [0.05, 0.1) is 10.2 Å². The maximum atomic E-state index is 6.05. The van der Waals surface area contributed by atoms with E-state index in [1.807, 2.05) is 24.3 Å². The van der Waals surface area contributed by atoms with E-state index in [1.54, 1.807) is 11.3 Å². The van der Waals surface area contributed by atoms with Gasteiger partial charge in [-0.3, -0.25) is 0 Å². The molecule has 1 aromatic carbocycles. The second-order valence-corrected chi connectivity index (χ2v) is 6.07. The molecule has 0 spiro atoms. The average Bonchev–Trinajstić information content (AvgIpc) is 2.77. The molecular weight excluding hydrogens is 288 g/mol. The number of rotatable bonds is 2. The average molecular weight is 295 g/mol. The summed E-state index contributed by atoms with van der Waals surface area (Å²) in [5.74, 6) is 0.287. The summed E-state index contributed by atoms with van der Waals surface area (Å²) in [7, 11) is 0. The highest BCUT2D eigenvalue weighted by molar-refractivity contribution is 8.01. The van der Waals surface area contributed by atoms with Crippen molar-refractivity contribution in [2.75, 3.05) is 5.73 Å². The number of aromatic nitrogens is 3. The predicted molar refractivity (Wildman–Crippen MR) is 75.2 cm³/mol. The minimum absolute atomic E-state index is 0.287. The van der Waals surface area contributed by atoms with Gasteiger partial charge in [0.25, 0.3) is 0 Å². The van der Waals surface area contributed by atoms with Gasteiger partial charge in [-0.1, -0.05) is 23.7 Å². The molecule has 3 rings (SSSR count). The molecule has 90 valence electrons. The molecule has 0 aliphatic heterocycles. The van der Waals surface area contributed by atoms with Crippen LogP contribution in [-0.2, 0) is 0 Å². The van der Waals surface area contributed by atoms with Gasteiger partial charge in [-0.15, -0.1) is 11.3 Å². The zero-order valence-electron chi connectivity index (χ0n) is 9.00. The molecule has 0 saturated carbocycles. The Labute approximate surface area is 116 Å². The predicted octanol–water partition coefficient (Wildman–Crippen LogP) is 3.47. The lowest BCUT2D eigenvalue weighted by Crippen LogP contribution is -1.94. The molecule has 0 aliphatic carbocycles. The minimum atomic E-state index is 0.287. The lowest BCUT2D eigenvalue weighted by Gasteiger charge is -2.01. The quantitative estimate of drug-likeness (QED) is 0.733. The van der Waals surface area contributed by atoms with Crippen LogP contribution >= 0.6 is 34.7 Å². The first-order chi connectivity index (χ1) is 8.74. The SMILES string of the molecule is Nc1ncnc(Sc2nc3ccccc3s2)c1Cl. The van der Waals surface area contributed by atoms with E-state index in [2.05, 4.69) is 15.0 Å². The van der Waals surface area contributed by atoms with Crippen LogP contribution in [0.15, 0.2) is 40.0 Å². The number of thiazole rings is 1. The Balaban J connectivity index is 1.99. The van der Waals surface area contributed by atoms with Crippen LogP contribution in [0.25, 0.3) is 10.2 Å². The lowest BCUT2D eigenvalue weighted by molar-refractivity contribution is 1.05. The van der Waals surface area contributed by atoms with Crippen LogP contribution in [0, 0.1) is 0 Å². The molecule has 3 aromatic rings. The molecule has 0 aliphatic rings. The number of hydrogen-bond donors (Lipinski definition) is 1. The van der Waals surface area contributed by atoms with E-state index in [1.165, 1.54) is 18.1 Å². The molecule has 0 amide bonds. The van der Waals surface area contributed by atoms with Crippen LogP contribution in [0.1, 0.15) is 0 Å². The van der Waals surface area contributed by atoms with Crippen LogP contribution in [0.4, 0.5) is 5.82 Å². The van der Waals surface area contributed by atoms with Gasteiger partial charge in [0.1, 0.15) is 22.2 Å². The van der Waals surface area contributed by atoms with E-state index < -0.39 is 0 Å². The van der Waals surface area contributed by atoms with E-state index >= 15 is 0 Å². The summed E-state index contributed by atoms with van der Waals surface area (Å²) in [6.45, 7) is 0. The molecule has 0 radical (unpaired) electrons. The van der Waals surface area contributed by atoms with E-state index in [9.17, 15) is 0 Å². The maximum Gasteiger partial charge on any atom is 0.157 e. The number of nitrogen functional groups attached to an aromatic ring is 1.